The second kappa shape index (κ2) is 2.99. The van der Waals surface area contributed by atoms with Crippen LogP contribution in [0.1, 0.15) is 0 Å². The van der Waals surface area contributed by atoms with E-state index >= 15 is 0 Å². The number of halogens is 2. The maximum atomic E-state index is 5.83. The fraction of sp³-hybridized carbons (Fsp3) is 0. The van der Waals surface area contributed by atoms with Crippen LogP contribution in [0.25, 0.3) is 10.9 Å². The highest BCUT2D eigenvalue weighted by Crippen LogP contribution is 2.25. The summed E-state index contributed by atoms with van der Waals surface area (Å²) in [5, 5.41) is 1.42. The Bertz CT molecular complexity index is 390. The van der Waals surface area contributed by atoms with Crippen molar-refractivity contribution < 1.29 is 0 Å². The van der Waals surface area contributed by atoms with Crippen molar-refractivity contribution in [1.82, 2.24) is 9.97 Å². The van der Waals surface area contributed by atoms with Crippen molar-refractivity contribution in [3.8, 4) is 0 Å². The summed E-state index contributed by atoms with van der Waals surface area (Å²) >= 11 is 9.20. The molecular weight excluding hydrogens is 239 g/mol. The summed E-state index contributed by atoms with van der Waals surface area (Å²) in [7, 11) is 0. The largest absolute Gasteiger partial charge is 0.253 e. The van der Waals surface area contributed by atoms with Gasteiger partial charge in [0.1, 0.15) is 5.52 Å². The molecule has 0 saturated carbocycles. The molecule has 2 aromatic heterocycles. The van der Waals surface area contributed by atoms with Gasteiger partial charge in [0.2, 0.25) is 0 Å². The Morgan fingerprint density at radius 2 is 2.17 bits per heavy atom. The van der Waals surface area contributed by atoms with Crippen LogP contribution in [0.15, 0.2) is 29.0 Å². The first-order valence-electron chi connectivity index (χ1n) is 3.34. The molecule has 0 aliphatic rings. The van der Waals surface area contributed by atoms with Crippen LogP contribution in [0.3, 0.4) is 0 Å². The number of fused-ring (bicyclic) bond motifs is 1. The molecular formula is C8H4BrClN2. The van der Waals surface area contributed by atoms with Crippen LogP contribution in [-0.4, -0.2) is 9.97 Å². The van der Waals surface area contributed by atoms with E-state index in [0.717, 1.165) is 15.4 Å². The van der Waals surface area contributed by atoms with Crippen LogP contribution in [0.2, 0.25) is 5.15 Å². The van der Waals surface area contributed by atoms with Crippen LogP contribution in [-0.2, 0) is 0 Å². The second-order valence-electron chi connectivity index (χ2n) is 2.30. The topological polar surface area (TPSA) is 25.8 Å². The van der Waals surface area contributed by atoms with E-state index in [0.29, 0.717) is 5.15 Å². The molecule has 0 spiro atoms. The summed E-state index contributed by atoms with van der Waals surface area (Å²) in [5.41, 5.74) is 0.730. The molecule has 0 amide bonds. The lowest BCUT2D eigenvalue weighted by atomic mass is 10.3. The van der Waals surface area contributed by atoms with Gasteiger partial charge < -0.3 is 0 Å². The van der Waals surface area contributed by atoms with Crippen molar-refractivity contribution in [2.45, 2.75) is 0 Å². The quantitative estimate of drug-likeness (QED) is 0.665. The molecule has 2 heterocycles. The molecule has 0 atom stereocenters. The Kier molecular flexibility index (Phi) is 1.98. The van der Waals surface area contributed by atoms with Gasteiger partial charge in [0.05, 0.1) is 0 Å². The minimum Gasteiger partial charge on any atom is -0.253 e. The fourth-order valence-electron chi connectivity index (χ4n) is 1.01. The minimum absolute atomic E-state index is 0.439. The lowest BCUT2D eigenvalue weighted by Crippen LogP contribution is -1.83. The van der Waals surface area contributed by atoms with E-state index in [1.54, 1.807) is 12.4 Å². The standard InChI is InChI=1S/C8H4BrClN2/c9-6-4-12-8(10)7-5(6)2-1-3-11-7/h1-4H. The predicted molar refractivity (Wildman–Crippen MR) is 52.2 cm³/mol. The average Bonchev–Trinajstić information content (AvgIpc) is 2.12. The predicted octanol–water partition coefficient (Wildman–Crippen LogP) is 3.05. The van der Waals surface area contributed by atoms with Gasteiger partial charge in [0.25, 0.3) is 0 Å². The van der Waals surface area contributed by atoms with Crippen LogP contribution in [0, 0.1) is 0 Å². The Hall–Kier alpha value is -0.670. The second-order valence-corrected chi connectivity index (χ2v) is 3.51. The summed E-state index contributed by atoms with van der Waals surface area (Å²) < 4.78 is 0.912. The van der Waals surface area contributed by atoms with E-state index < -0.39 is 0 Å². The van der Waals surface area contributed by atoms with Crippen LogP contribution in [0.5, 0.6) is 0 Å². The van der Waals surface area contributed by atoms with E-state index in [1.165, 1.54) is 0 Å². The summed E-state index contributed by atoms with van der Waals surface area (Å²) in [6, 6.07) is 3.81. The first-order chi connectivity index (χ1) is 5.79. The number of hydrogen-bond acceptors (Lipinski definition) is 2. The van der Waals surface area contributed by atoms with Crippen molar-refractivity contribution in [3.63, 3.8) is 0 Å². The van der Waals surface area contributed by atoms with Crippen molar-refractivity contribution in [1.29, 1.82) is 0 Å². The zero-order chi connectivity index (χ0) is 8.55. The van der Waals surface area contributed by atoms with E-state index in [-0.39, 0.29) is 0 Å². The summed E-state index contributed by atoms with van der Waals surface area (Å²) in [6.07, 6.45) is 3.37. The zero-order valence-electron chi connectivity index (χ0n) is 5.96. The molecule has 0 bridgehead atoms. The van der Waals surface area contributed by atoms with E-state index in [1.807, 2.05) is 12.1 Å². The first kappa shape index (κ1) is 7.95. The fourth-order valence-corrected chi connectivity index (χ4v) is 1.63. The van der Waals surface area contributed by atoms with E-state index in [2.05, 4.69) is 25.9 Å². The highest BCUT2D eigenvalue weighted by atomic mass is 79.9. The molecule has 0 aliphatic carbocycles. The molecule has 2 rings (SSSR count). The number of aromatic nitrogens is 2. The van der Waals surface area contributed by atoms with Gasteiger partial charge in [0.15, 0.2) is 5.15 Å². The third kappa shape index (κ3) is 1.19. The molecule has 0 N–H and O–H groups in total. The summed E-state index contributed by atoms with van der Waals surface area (Å²) in [4.78, 5) is 8.08. The maximum absolute atomic E-state index is 5.83. The molecule has 0 radical (unpaired) electrons. The SMILES string of the molecule is Clc1ncc(Br)c2cccnc12. The van der Waals surface area contributed by atoms with Gasteiger partial charge in [-0.25, -0.2) is 4.98 Å². The summed E-state index contributed by atoms with van der Waals surface area (Å²) in [5.74, 6) is 0. The van der Waals surface area contributed by atoms with Crippen LogP contribution in [0.4, 0.5) is 0 Å². The number of pyridine rings is 2. The normalized spacial score (nSPS) is 10.5. The molecule has 60 valence electrons. The molecule has 2 nitrogen and oxygen atoms in total. The van der Waals surface area contributed by atoms with Gasteiger partial charge in [-0.3, -0.25) is 4.98 Å². The van der Waals surface area contributed by atoms with Crippen molar-refractivity contribution in [2.75, 3.05) is 0 Å². The monoisotopic (exact) mass is 242 g/mol. The van der Waals surface area contributed by atoms with E-state index in [4.69, 9.17) is 11.6 Å². The summed E-state index contributed by atoms with van der Waals surface area (Å²) in [6.45, 7) is 0. The Morgan fingerprint density at radius 1 is 1.33 bits per heavy atom. The molecule has 0 unspecified atom stereocenters. The lowest BCUT2D eigenvalue weighted by Gasteiger charge is -1.99. The number of rotatable bonds is 0. The van der Waals surface area contributed by atoms with E-state index in [9.17, 15) is 0 Å². The third-order valence-electron chi connectivity index (χ3n) is 1.55. The van der Waals surface area contributed by atoms with Crippen molar-refractivity contribution in [3.05, 3.63) is 34.2 Å². The smallest absolute Gasteiger partial charge is 0.155 e. The highest BCUT2D eigenvalue weighted by Gasteiger charge is 2.03. The van der Waals surface area contributed by atoms with Crippen LogP contribution >= 0.6 is 27.5 Å². The van der Waals surface area contributed by atoms with Gasteiger partial charge in [-0.2, -0.15) is 0 Å². The molecule has 2 aromatic rings. The van der Waals surface area contributed by atoms with Crippen molar-refractivity contribution >= 4 is 38.4 Å². The highest BCUT2D eigenvalue weighted by molar-refractivity contribution is 9.10. The lowest BCUT2D eigenvalue weighted by molar-refractivity contribution is 1.30. The molecule has 0 saturated heterocycles. The Labute approximate surface area is 82.7 Å². The zero-order valence-corrected chi connectivity index (χ0v) is 8.30. The van der Waals surface area contributed by atoms with Gasteiger partial charge in [-0.15, -0.1) is 0 Å². The molecule has 0 fully saturated rings. The molecule has 12 heavy (non-hydrogen) atoms. The average molecular weight is 243 g/mol. The molecule has 0 aliphatic heterocycles. The van der Waals surface area contributed by atoms with Gasteiger partial charge in [0, 0.05) is 22.3 Å². The third-order valence-corrected chi connectivity index (χ3v) is 2.46. The number of nitrogens with zero attached hydrogens (tertiary/aromatic N) is 2. The van der Waals surface area contributed by atoms with Crippen LogP contribution < -0.4 is 0 Å². The van der Waals surface area contributed by atoms with Gasteiger partial charge >= 0.3 is 0 Å². The minimum atomic E-state index is 0.439. The Morgan fingerprint density at radius 3 is 2.92 bits per heavy atom. The maximum Gasteiger partial charge on any atom is 0.155 e. The molecule has 4 heteroatoms. The van der Waals surface area contributed by atoms with Gasteiger partial charge in [-0.1, -0.05) is 11.6 Å². The van der Waals surface area contributed by atoms with Gasteiger partial charge in [-0.05, 0) is 28.1 Å². The van der Waals surface area contributed by atoms with Crippen molar-refractivity contribution in [2.24, 2.45) is 0 Å². The Balaban J connectivity index is 2.95. The number of hydrogen-bond donors (Lipinski definition) is 0. The molecule has 0 aromatic carbocycles. The first-order valence-corrected chi connectivity index (χ1v) is 4.51.